The maximum absolute atomic E-state index is 12.2. The number of aromatic nitrogens is 1. The molecule has 2 aromatic rings. The average molecular weight is 400 g/mol. The lowest BCUT2D eigenvalue weighted by Gasteiger charge is -2.33. The Labute approximate surface area is 169 Å². The molecule has 0 unspecified atom stereocenters. The van der Waals surface area contributed by atoms with Crippen LogP contribution in [-0.4, -0.2) is 37.8 Å². The molecule has 3 rings (SSSR count). The first-order valence-electron chi connectivity index (χ1n) is 9.09. The zero-order valence-corrected chi connectivity index (χ0v) is 16.4. The number of methoxy groups -OCH3 is 1. The highest BCUT2D eigenvalue weighted by Gasteiger charge is 2.22. The minimum atomic E-state index is -0.292. The number of anilines is 2. The van der Waals surface area contributed by atoms with Gasteiger partial charge in [0.1, 0.15) is 17.6 Å². The number of ether oxygens (including phenoxy) is 1. The molecule has 1 aromatic carbocycles. The third-order valence-corrected chi connectivity index (χ3v) is 5.02. The minimum absolute atomic E-state index is 0.292. The summed E-state index contributed by atoms with van der Waals surface area (Å²) in [4.78, 5) is 18.7. The molecule has 2 heterocycles. The van der Waals surface area contributed by atoms with Crippen molar-refractivity contribution in [2.24, 2.45) is 5.92 Å². The summed E-state index contributed by atoms with van der Waals surface area (Å²) >= 11 is 5.98. The van der Waals surface area contributed by atoms with E-state index in [0.717, 1.165) is 31.7 Å². The molecule has 0 spiro atoms. The Kier molecular flexibility index (Phi) is 6.56. The maximum atomic E-state index is 12.2. The molecule has 0 aliphatic carbocycles. The summed E-state index contributed by atoms with van der Waals surface area (Å²) in [6.45, 7) is 2.19. The zero-order valence-electron chi connectivity index (χ0n) is 15.6. The third kappa shape index (κ3) is 4.84. The van der Waals surface area contributed by atoms with Crippen molar-refractivity contribution in [2.75, 3.05) is 37.0 Å². The van der Waals surface area contributed by atoms with E-state index in [9.17, 15) is 10.1 Å². The Morgan fingerprint density at radius 3 is 2.89 bits per heavy atom. The predicted octanol–water partition coefficient (Wildman–Crippen LogP) is 3.65. The number of amides is 2. The first-order valence-corrected chi connectivity index (χ1v) is 9.47. The van der Waals surface area contributed by atoms with Crippen LogP contribution in [0, 0.1) is 17.2 Å². The number of pyridine rings is 1. The first-order chi connectivity index (χ1) is 13.6. The van der Waals surface area contributed by atoms with Crippen LogP contribution in [0.15, 0.2) is 36.5 Å². The highest BCUT2D eigenvalue weighted by Crippen LogP contribution is 2.28. The van der Waals surface area contributed by atoms with E-state index in [1.54, 1.807) is 43.6 Å². The molecule has 1 aliphatic heterocycles. The molecular weight excluding hydrogens is 378 g/mol. The van der Waals surface area contributed by atoms with Gasteiger partial charge in [-0.15, -0.1) is 0 Å². The molecular formula is C20H22ClN5O2. The van der Waals surface area contributed by atoms with Crippen molar-refractivity contribution >= 4 is 29.1 Å². The van der Waals surface area contributed by atoms with Crippen molar-refractivity contribution in [1.82, 2.24) is 10.3 Å². The molecule has 8 heteroatoms. The lowest BCUT2D eigenvalue weighted by Crippen LogP contribution is -2.40. The highest BCUT2D eigenvalue weighted by molar-refractivity contribution is 6.31. The molecule has 28 heavy (non-hydrogen) atoms. The van der Waals surface area contributed by atoms with E-state index in [2.05, 4.69) is 26.6 Å². The molecule has 0 saturated carbocycles. The molecule has 0 atom stereocenters. The lowest BCUT2D eigenvalue weighted by atomic mass is 9.96. The summed E-state index contributed by atoms with van der Waals surface area (Å²) in [6.07, 6.45) is 3.54. The van der Waals surface area contributed by atoms with Gasteiger partial charge in [-0.05, 0) is 49.1 Å². The van der Waals surface area contributed by atoms with E-state index >= 15 is 0 Å². The van der Waals surface area contributed by atoms with E-state index in [-0.39, 0.29) is 6.03 Å². The molecule has 2 N–H and O–H groups in total. The van der Waals surface area contributed by atoms with Crippen molar-refractivity contribution in [3.05, 3.63) is 47.1 Å². The van der Waals surface area contributed by atoms with E-state index in [1.165, 1.54) is 0 Å². The van der Waals surface area contributed by atoms with Gasteiger partial charge in [0.15, 0.2) is 0 Å². The number of rotatable bonds is 5. The average Bonchev–Trinajstić information content (AvgIpc) is 2.73. The molecule has 1 aromatic heterocycles. The number of piperidine rings is 1. The predicted molar refractivity (Wildman–Crippen MR) is 109 cm³/mol. The molecule has 1 saturated heterocycles. The van der Waals surface area contributed by atoms with Gasteiger partial charge in [0.05, 0.1) is 18.4 Å². The summed E-state index contributed by atoms with van der Waals surface area (Å²) in [5.41, 5.74) is 1.12. The number of nitrogens with zero attached hydrogens (tertiary/aromatic N) is 3. The number of carbonyl (C=O) groups is 1. The topological polar surface area (TPSA) is 90.3 Å². The van der Waals surface area contributed by atoms with Crippen molar-refractivity contribution in [2.45, 2.75) is 12.8 Å². The number of hydrogen-bond donors (Lipinski definition) is 2. The molecule has 7 nitrogen and oxygen atoms in total. The second kappa shape index (κ2) is 9.29. The van der Waals surface area contributed by atoms with E-state index in [1.807, 2.05) is 0 Å². The highest BCUT2D eigenvalue weighted by atomic mass is 35.5. The number of hydrogen-bond acceptors (Lipinski definition) is 5. The molecule has 0 bridgehead atoms. The van der Waals surface area contributed by atoms with Crippen LogP contribution in [0.2, 0.25) is 5.02 Å². The van der Waals surface area contributed by atoms with Gasteiger partial charge in [-0.2, -0.15) is 5.26 Å². The van der Waals surface area contributed by atoms with Gasteiger partial charge in [-0.1, -0.05) is 11.6 Å². The third-order valence-electron chi connectivity index (χ3n) is 4.78. The van der Waals surface area contributed by atoms with Gasteiger partial charge in [0, 0.05) is 30.9 Å². The van der Waals surface area contributed by atoms with Crippen LogP contribution in [0.4, 0.5) is 16.3 Å². The van der Waals surface area contributed by atoms with Crippen LogP contribution < -0.4 is 20.3 Å². The number of benzene rings is 1. The van der Waals surface area contributed by atoms with Crippen LogP contribution >= 0.6 is 11.6 Å². The van der Waals surface area contributed by atoms with Crippen LogP contribution in [-0.2, 0) is 0 Å². The fourth-order valence-electron chi connectivity index (χ4n) is 3.27. The van der Waals surface area contributed by atoms with Crippen LogP contribution in [0.5, 0.6) is 5.75 Å². The van der Waals surface area contributed by atoms with E-state index in [4.69, 9.17) is 16.3 Å². The van der Waals surface area contributed by atoms with Gasteiger partial charge in [0.25, 0.3) is 0 Å². The number of carbonyl (C=O) groups excluding carboxylic acids is 1. The van der Waals surface area contributed by atoms with Crippen LogP contribution in [0.25, 0.3) is 0 Å². The molecule has 0 radical (unpaired) electrons. The van der Waals surface area contributed by atoms with Gasteiger partial charge >= 0.3 is 6.03 Å². The number of nitriles is 1. The SMILES string of the molecule is COc1ccc(Cl)cc1NC(=O)NCC1CCN(c2ncccc2C#N)CC1. The molecule has 1 aliphatic rings. The second-order valence-electron chi connectivity index (χ2n) is 6.60. The monoisotopic (exact) mass is 399 g/mol. The number of nitrogens with one attached hydrogen (secondary N) is 2. The summed E-state index contributed by atoms with van der Waals surface area (Å²) in [6, 6.07) is 10.5. The Balaban J connectivity index is 1.49. The van der Waals surface area contributed by atoms with Gasteiger partial charge in [-0.25, -0.2) is 9.78 Å². The summed E-state index contributed by atoms with van der Waals surface area (Å²) in [5, 5.41) is 15.4. The fraction of sp³-hybridized carbons (Fsp3) is 0.350. The minimum Gasteiger partial charge on any atom is -0.495 e. The molecule has 1 fully saturated rings. The van der Waals surface area contributed by atoms with Crippen LogP contribution in [0.3, 0.4) is 0 Å². The number of urea groups is 1. The Bertz CT molecular complexity index is 875. The first kappa shape index (κ1) is 19.8. The Morgan fingerprint density at radius 2 is 2.18 bits per heavy atom. The maximum Gasteiger partial charge on any atom is 0.319 e. The summed E-state index contributed by atoms with van der Waals surface area (Å²) in [7, 11) is 1.54. The van der Waals surface area contributed by atoms with E-state index < -0.39 is 0 Å². The smallest absolute Gasteiger partial charge is 0.319 e. The van der Waals surface area contributed by atoms with Gasteiger partial charge in [-0.3, -0.25) is 0 Å². The van der Waals surface area contributed by atoms with Crippen molar-refractivity contribution in [1.29, 1.82) is 5.26 Å². The Hall–Kier alpha value is -2.98. The van der Waals surface area contributed by atoms with Gasteiger partial charge < -0.3 is 20.3 Å². The van der Waals surface area contributed by atoms with Crippen molar-refractivity contribution in [3.63, 3.8) is 0 Å². The molecule has 146 valence electrons. The Morgan fingerprint density at radius 1 is 1.39 bits per heavy atom. The van der Waals surface area contributed by atoms with Gasteiger partial charge in [0.2, 0.25) is 0 Å². The summed E-state index contributed by atoms with van der Waals surface area (Å²) in [5.74, 6) is 1.66. The summed E-state index contributed by atoms with van der Waals surface area (Å²) < 4.78 is 5.23. The quantitative estimate of drug-likeness (QED) is 0.800. The van der Waals surface area contributed by atoms with Crippen molar-refractivity contribution < 1.29 is 9.53 Å². The van der Waals surface area contributed by atoms with E-state index in [0.29, 0.717) is 34.5 Å². The normalized spacial score (nSPS) is 14.2. The lowest BCUT2D eigenvalue weighted by molar-refractivity contribution is 0.248. The second-order valence-corrected chi connectivity index (χ2v) is 7.03. The number of halogens is 1. The fourth-order valence-corrected chi connectivity index (χ4v) is 3.44. The van der Waals surface area contributed by atoms with Crippen LogP contribution in [0.1, 0.15) is 18.4 Å². The zero-order chi connectivity index (χ0) is 19.9. The van der Waals surface area contributed by atoms with Crippen molar-refractivity contribution in [3.8, 4) is 11.8 Å². The standard InChI is InChI=1S/C20H22ClN5O2/c1-28-18-5-4-16(21)11-17(18)25-20(27)24-13-14-6-9-26(10-7-14)19-15(12-22)3-2-8-23-19/h2-5,8,11,14H,6-7,9-10,13H2,1H3,(H2,24,25,27). The molecule has 2 amide bonds. The largest absolute Gasteiger partial charge is 0.495 e.